The maximum atomic E-state index is 12.0. The lowest BCUT2D eigenvalue weighted by Gasteiger charge is -2.07. The highest BCUT2D eigenvalue weighted by Gasteiger charge is 2.13. The predicted octanol–water partition coefficient (Wildman–Crippen LogP) is 5.28. The van der Waals surface area contributed by atoms with Crippen molar-refractivity contribution in [3.8, 4) is 5.88 Å². The fourth-order valence-corrected chi connectivity index (χ4v) is 3.06. The van der Waals surface area contributed by atoms with Crippen molar-refractivity contribution in [2.75, 3.05) is 11.9 Å². The number of aryl methyl sites for hydroxylation is 3. The van der Waals surface area contributed by atoms with Gasteiger partial charge in [-0.3, -0.25) is 4.79 Å². The Labute approximate surface area is 159 Å². The molecule has 0 spiro atoms. The zero-order valence-corrected chi connectivity index (χ0v) is 16.3. The van der Waals surface area contributed by atoms with E-state index in [1.165, 1.54) is 0 Å². The number of anilines is 1. The van der Waals surface area contributed by atoms with Crippen LogP contribution in [0.25, 0.3) is 10.9 Å². The lowest BCUT2D eigenvalue weighted by Crippen LogP contribution is -2.11. The average molecular weight is 415 g/mol. The van der Waals surface area contributed by atoms with Gasteiger partial charge in [-0.2, -0.15) is 0 Å². The Morgan fingerprint density at radius 2 is 1.96 bits per heavy atom. The standard InChI is InChI=1S/C19H19BrN4O2/c1-10-4-5-15(12(3)6-10)21-9-17(25)23-24-18-13-7-11(2)14(20)8-16(13)22-19(18)26/h4-8,21-22,26H,9H2,1-3H3. The van der Waals surface area contributed by atoms with E-state index in [4.69, 9.17) is 0 Å². The number of H-pyrrole nitrogens is 1. The zero-order chi connectivity index (χ0) is 18.8. The van der Waals surface area contributed by atoms with Crippen LogP contribution in [-0.2, 0) is 4.79 Å². The quantitative estimate of drug-likeness (QED) is 0.506. The van der Waals surface area contributed by atoms with E-state index in [9.17, 15) is 9.90 Å². The van der Waals surface area contributed by atoms with Gasteiger partial charge in [0.2, 0.25) is 5.88 Å². The maximum absolute atomic E-state index is 12.0. The fraction of sp³-hybridized carbons (Fsp3) is 0.211. The number of hydrogen-bond acceptors (Lipinski definition) is 4. The third-order valence-electron chi connectivity index (χ3n) is 4.10. The van der Waals surface area contributed by atoms with Crippen molar-refractivity contribution >= 4 is 44.1 Å². The van der Waals surface area contributed by atoms with Gasteiger partial charge in [-0.25, -0.2) is 0 Å². The number of halogens is 1. The molecule has 1 amide bonds. The van der Waals surface area contributed by atoms with Crippen LogP contribution in [0.15, 0.2) is 45.0 Å². The van der Waals surface area contributed by atoms with Gasteiger partial charge in [0, 0.05) is 15.5 Å². The molecule has 0 radical (unpaired) electrons. The number of azo groups is 1. The molecule has 0 aliphatic rings. The number of nitrogens with one attached hydrogen (secondary N) is 2. The van der Waals surface area contributed by atoms with Crippen molar-refractivity contribution < 1.29 is 9.90 Å². The molecule has 0 aliphatic heterocycles. The van der Waals surface area contributed by atoms with E-state index in [-0.39, 0.29) is 18.1 Å². The van der Waals surface area contributed by atoms with Crippen molar-refractivity contribution in [3.05, 3.63) is 51.5 Å². The molecule has 2 aromatic carbocycles. The van der Waals surface area contributed by atoms with E-state index in [0.717, 1.165) is 32.4 Å². The minimum Gasteiger partial charge on any atom is -0.493 e. The van der Waals surface area contributed by atoms with E-state index in [0.29, 0.717) is 5.39 Å². The summed E-state index contributed by atoms with van der Waals surface area (Å²) in [6.45, 7) is 5.96. The van der Waals surface area contributed by atoms with Gasteiger partial charge in [-0.05, 0) is 50.1 Å². The summed E-state index contributed by atoms with van der Waals surface area (Å²) < 4.78 is 0.920. The number of aromatic nitrogens is 1. The number of amides is 1. The van der Waals surface area contributed by atoms with E-state index < -0.39 is 5.91 Å². The van der Waals surface area contributed by atoms with Crippen molar-refractivity contribution in [3.63, 3.8) is 0 Å². The monoisotopic (exact) mass is 414 g/mol. The van der Waals surface area contributed by atoms with Crippen LogP contribution >= 0.6 is 15.9 Å². The van der Waals surface area contributed by atoms with Crippen LogP contribution < -0.4 is 5.32 Å². The summed E-state index contributed by atoms with van der Waals surface area (Å²) >= 11 is 3.45. The molecule has 0 fully saturated rings. The Morgan fingerprint density at radius 1 is 1.19 bits per heavy atom. The summed E-state index contributed by atoms with van der Waals surface area (Å²) in [5.74, 6) is -0.538. The number of aromatic amines is 1. The Balaban J connectivity index is 1.75. The average Bonchev–Trinajstić information content (AvgIpc) is 2.87. The largest absolute Gasteiger partial charge is 0.493 e. The topological polar surface area (TPSA) is 89.8 Å². The van der Waals surface area contributed by atoms with Gasteiger partial charge < -0.3 is 15.4 Å². The van der Waals surface area contributed by atoms with Crippen LogP contribution in [0.2, 0.25) is 0 Å². The Bertz CT molecular complexity index is 1020. The highest BCUT2D eigenvalue weighted by atomic mass is 79.9. The molecule has 0 atom stereocenters. The van der Waals surface area contributed by atoms with Gasteiger partial charge in [-0.15, -0.1) is 10.2 Å². The number of aromatic hydroxyl groups is 1. The number of nitrogens with zero attached hydrogens (tertiary/aromatic N) is 2. The van der Waals surface area contributed by atoms with Crippen LogP contribution in [0.4, 0.5) is 11.4 Å². The van der Waals surface area contributed by atoms with Gasteiger partial charge in [0.05, 0.1) is 12.1 Å². The number of fused-ring (bicyclic) bond motifs is 1. The summed E-state index contributed by atoms with van der Waals surface area (Å²) in [7, 11) is 0. The maximum Gasteiger partial charge on any atom is 0.283 e. The summed E-state index contributed by atoms with van der Waals surface area (Å²) in [5, 5.41) is 21.5. The summed E-state index contributed by atoms with van der Waals surface area (Å²) in [5.41, 5.74) is 5.08. The highest BCUT2D eigenvalue weighted by Crippen LogP contribution is 2.37. The van der Waals surface area contributed by atoms with E-state index in [2.05, 4.69) is 36.5 Å². The molecule has 0 unspecified atom stereocenters. The zero-order valence-electron chi connectivity index (χ0n) is 14.7. The van der Waals surface area contributed by atoms with E-state index >= 15 is 0 Å². The molecule has 3 rings (SSSR count). The molecule has 0 aliphatic carbocycles. The first kappa shape index (κ1) is 18.1. The van der Waals surface area contributed by atoms with Crippen LogP contribution in [0.1, 0.15) is 16.7 Å². The smallest absolute Gasteiger partial charge is 0.283 e. The lowest BCUT2D eigenvalue weighted by molar-refractivity contribution is -0.116. The van der Waals surface area contributed by atoms with Gasteiger partial charge in [0.25, 0.3) is 5.91 Å². The molecule has 3 N–H and O–H groups in total. The Kier molecular flexibility index (Phi) is 5.08. The first-order chi connectivity index (χ1) is 12.3. The Morgan fingerprint density at radius 3 is 2.69 bits per heavy atom. The molecule has 7 heteroatoms. The summed E-state index contributed by atoms with van der Waals surface area (Å²) in [4.78, 5) is 14.9. The molecule has 1 heterocycles. The molecule has 6 nitrogen and oxygen atoms in total. The highest BCUT2D eigenvalue weighted by molar-refractivity contribution is 9.10. The lowest BCUT2D eigenvalue weighted by atomic mass is 10.1. The predicted molar refractivity (Wildman–Crippen MR) is 106 cm³/mol. The second-order valence-corrected chi connectivity index (χ2v) is 7.09. The third kappa shape index (κ3) is 3.77. The number of rotatable bonds is 4. The SMILES string of the molecule is Cc1ccc(NCC(=O)N=Nc2c(O)[nH]c3cc(Br)c(C)cc23)c(C)c1. The van der Waals surface area contributed by atoms with Crippen molar-refractivity contribution in [1.29, 1.82) is 0 Å². The van der Waals surface area contributed by atoms with Gasteiger partial charge in [-0.1, -0.05) is 33.6 Å². The van der Waals surface area contributed by atoms with Crippen molar-refractivity contribution in [2.24, 2.45) is 10.2 Å². The van der Waals surface area contributed by atoms with Crippen LogP contribution in [0.5, 0.6) is 5.88 Å². The molecule has 0 saturated heterocycles. The number of carbonyl (C=O) groups is 1. The molecular weight excluding hydrogens is 396 g/mol. The van der Waals surface area contributed by atoms with E-state index in [1.54, 1.807) is 0 Å². The van der Waals surface area contributed by atoms with Crippen LogP contribution in [0, 0.1) is 20.8 Å². The molecule has 3 aromatic rings. The minimum absolute atomic E-state index is 0.0289. The van der Waals surface area contributed by atoms with Crippen molar-refractivity contribution in [1.82, 2.24) is 4.98 Å². The van der Waals surface area contributed by atoms with Gasteiger partial charge >= 0.3 is 0 Å². The first-order valence-corrected chi connectivity index (χ1v) is 8.91. The normalized spacial score (nSPS) is 11.4. The summed E-state index contributed by atoms with van der Waals surface area (Å²) in [6.07, 6.45) is 0. The minimum atomic E-state index is -0.424. The molecule has 1 aromatic heterocycles. The summed E-state index contributed by atoms with van der Waals surface area (Å²) in [6, 6.07) is 9.68. The third-order valence-corrected chi connectivity index (χ3v) is 4.96. The van der Waals surface area contributed by atoms with Gasteiger partial charge in [0.1, 0.15) is 0 Å². The second kappa shape index (κ2) is 7.29. The number of carbonyl (C=O) groups excluding carboxylic acids is 1. The molecule has 134 valence electrons. The Hall–Kier alpha value is -2.67. The molecular formula is C19H19BrN4O2. The van der Waals surface area contributed by atoms with Crippen LogP contribution in [0.3, 0.4) is 0 Å². The number of hydrogen-bond donors (Lipinski definition) is 3. The molecule has 0 bridgehead atoms. The van der Waals surface area contributed by atoms with Gasteiger partial charge in [0.15, 0.2) is 5.69 Å². The van der Waals surface area contributed by atoms with E-state index in [1.807, 2.05) is 51.1 Å². The first-order valence-electron chi connectivity index (χ1n) is 8.11. The second-order valence-electron chi connectivity index (χ2n) is 6.23. The fourth-order valence-electron chi connectivity index (χ4n) is 2.72. The van der Waals surface area contributed by atoms with Crippen molar-refractivity contribution in [2.45, 2.75) is 20.8 Å². The molecule has 0 saturated carbocycles. The molecule has 26 heavy (non-hydrogen) atoms. The number of benzene rings is 2. The van der Waals surface area contributed by atoms with Crippen LogP contribution in [-0.4, -0.2) is 22.5 Å².